The van der Waals surface area contributed by atoms with Gasteiger partial charge in [-0.25, -0.2) is 9.18 Å². The summed E-state index contributed by atoms with van der Waals surface area (Å²) in [6.07, 6.45) is -0.979. The van der Waals surface area contributed by atoms with E-state index in [-0.39, 0.29) is 5.92 Å². The highest BCUT2D eigenvalue weighted by molar-refractivity contribution is 5.77. The van der Waals surface area contributed by atoms with Gasteiger partial charge in [-0.1, -0.05) is 62.7 Å². The number of hydrogen-bond acceptors (Lipinski definition) is 2. The fourth-order valence-corrected chi connectivity index (χ4v) is 1.96. The van der Waals surface area contributed by atoms with Gasteiger partial charge in [0.1, 0.15) is 5.75 Å². The molecule has 0 aromatic heterocycles. The SMILES string of the molecule is CCC(C)C(F)C(=O)Oc1ccc(-c2ccccc2)cc1. The first-order valence-electron chi connectivity index (χ1n) is 7.13. The predicted octanol–water partition coefficient (Wildman–Crippen LogP) is 4.64. The van der Waals surface area contributed by atoms with Crippen molar-refractivity contribution in [3.63, 3.8) is 0 Å². The Hall–Kier alpha value is -2.16. The molecule has 110 valence electrons. The Kier molecular flexibility index (Phi) is 5.09. The lowest BCUT2D eigenvalue weighted by atomic mass is 10.0. The van der Waals surface area contributed by atoms with E-state index in [1.54, 1.807) is 19.1 Å². The van der Waals surface area contributed by atoms with Crippen LogP contribution in [0.1, 0.15) is 20.3 Å². The lowest BCUT2D eigenvalue weighted by Gasteiger charge is -2.13. The molecule has 2 unspecified atom stereocenters. The van der Waals surface area contributed by atoms with E-state index in [1.807, 2.05) is 49.4 Å². The molecule has 0 fully saturated rings. The van der Waals surface area contributed by atoms with Crippen molar-refractivity contribution in [3.8, 4) is 16.9 Å². The Bertz CT molecular complexity index is 578. The second-order valence-corrected chi connectivity index (χ2v) is 5.10. The molecule has 0 aliphatic carbocycles. The topological polar surface area (TPSA) is 26.3 Å². The average Bonchev–Trinajstić information content (AvgIpc) is 2.54. The summed E-state index contributed by atoms with van der Waals surface area (Å²) < 4.78 is 18.8. The van der Waals surface area contributed by atoms with Gasteiger partial charge in [-0.2, -0.15) is 0 Å². The maximum atomic E-state index is 13.7. The van der Waals surface area contributed by atoms with Crippen molar-refractivity contribution in [2.24, 2.45) is 5.92 Å². The molecule has 21 heavy (non-hydrogen) atoms. The van der Waals surface area contributed by atoms with Crippen molar-refractivity contribution in [2.45, 2.75) is 26.4 Å². The highest BCUT2D eigenvalue weighted by Crippen LogP contribution is 2.23. The van der Waals surface area contributed by atoms with Crippen LogP contribution in [0.5, 0.6) is 5.75 Å². The zero-order chi connectivity index (χ0) is 15.2. The quantitative estimate of drug-likeness (QED) is 0.591. The number of carbonyl (C=O) groups is 1. The molecule has 0 aliphatic rings. The molecule has 2 aromatic carbocycles. The molecular weight excluding hydrogens is 267 g/mol. The van der Waals surface area contributed by atoms with Gasteiger partial charge < -0.3 is 4.74 Å². The van der Waals surface area contributed by atoms with Gasteiger partial charge in [0.25, 0.3) is 0 Å². The standard InChI is InChI=1S/C18H19FO2/c1-3-13(2)17(19)18(20)21-16-11-9-15(10-12-16)14-7-5-4-6-8-14/h4-13,17H,3H2,1-2H3. The normalized spacial score (nSPS) is 13.5. The Morgan fingerprint density at radius 1 is 1.05 bits per heavy atom. The minimum absolute atomic E-state index is 0.332. The molecule has 0 heterocycles. The third-order valence-corrected chi connectivity index (χ3v) is 3.55. The molecule has 3 heteroatoms. The second-order valence-electron chi connectivity index (χ2n) is 5.10. The van der Waals surface area contributed by atoms with Crippen LogP contribution in [0.15, 0.2) is 54.6 Å². The lowest BCUT2D eigenvalue weighted by molar-refractivity contribution is -0.141. The number of carbonyl (C=O) groups excluding carboxylic acids is 1. The Morgan fingerprint density at radius 2 is 1.62 bits per heavy atom. The lowest BCUT2D eigenvalue weighted by Crippen LogP contribution is -2.27. The first kappa shape index (κ1) is 15.2. The molecule has 0 spiro atoms. The van der Waals surface area contributed by atoms with Gasteiger partial charge in [-0.05, 0) is 29.2 Å². The monoisotopic (exact) mass is 286 g/mol. The summed E-state index contributed by atoms with van der Waals surface area (Å²) in [7, 11) is 0. The van der Waals surface area contributed by atoms with E-state index in [0.29, 0.717) is 12.2 Å². The Balaban J connectivity index is 2.05. The van der Waals surface area contributed by atoms with E-state index in [4.69, 9.17) is 4.74 Å². The van der Waals surface area contributed by atoms with Crippen molar-refractivity contribution < 1.29 is 13.9 Å². The molecule has 0 saturated carbocycles. The van der Waals surface area contributed by atoms with E-state index in [1.165, 1.54) is 0 Å². The summed E-state index contributed by atoms with van der Waals surface area (Å²) in [5, 5.41) is 0. The van der Waals surface area contributed by atoms with E-state index < -0.39 is 12.1 Å². The van der Waals surface area contributed by atoms with E-state index in [0.717, 1.165) is 11.1 Å². The molecule has 0 saturated heterocycles. The first-order chi connectivity index (χ1) is 10.1. The third-order valence-electron chi connectivity index (χ3n) is 3.55. The van der Waals surface area contributed by atoms with Gasteiger partial charge >= 0.3 is 5.97 Å². The molecular formula is C18H19FO2. The first-order valence-corrected chi connectivity index (χ1v) is 7.13. The number of hydrogen-bond donors (Lipinski definition) is 0. The molecule has 2 rings (SSSR count). The van der Waals surface area contributed by atoms with Crippen molar-refractivity contribution in [3.05, 3.63) is 54.6 Å². The van der Waals surface area contributed by atoms with Gasteiger partial charge in [0, 0.05) is 0 Å². The van der Waals surface area contributed by atoms with Crippen molar-refractivity contribution in [1.82, 2.24) is 0 Å². The average molecular weight is 286 g/mol. The Labute approximate surface area is 124 Å². The summed E-state index contributed by atoms with van der Waals surface area (Å²) in [6, 6.07) is 17.0. The van der Waals surface area contributed by atoms with Crippen LogP contribution >= 0.6 is 0 Å². The fraction of sp³-hybridized carbons (Fsp3) is 0.278. The summed E-state index contributed by atoms with van der Waals surface area (Å²) in [4.78, 5) is 11.7. The number of esters is 1. The van der Waals surface area contributed by atoms with Crippen molar-refractivity contribution >= 4 is 5.97 Å². The van der Waals surface area contributed by atoms with Gasteiger partial charge in [0.05, 0.1) is 0 Å². The molecule has 2 nitrogen and oxygen atoms in total. The minimum atomic E-state index is -1.58. The van der Waals surface area contributed by atoms with Gasteiger partial charge in [0.2, 0.25) is 0 Å². The van der Waals surface area contributed by atoms with Crippen molar-refractivity contribution in [2.75, 3.05) is 0 Å². The maximum Gasteiger partial charge on any atom is 0.346 e. The maximum absolute atomic E-state index is 13.7. The highest BCUT2D eigenvalue weighted by Gasteiger charge is 2.25. The van der Waals surface area contributed by atoms with E-state index >= 15 is 0 Å². The van der Waals surface area contributed by atoms with Crippen LogP contribution in [0.2, 0.25) is 0 Å². The summed E-state index contributed by atoms with van der Waals surface area (Å²) >= 11 is 0. The number of benzene rings is 2. The largest absolute Gasteiger partial charge is 0.424 e. The smallest absolute Gasteiger partial charge is 0.346 e. The third kappa shape index (κ3) is 3.91. The van der Waals surface area contributed by atoms with Gasteiger partial charge in [-0.15, -0.1) is 0 Å². The zero-order valence-electron chi connectivity index (χ0n) is 12.3. The van der Waals surface area contributed by atoms with Crippen LogP contribution < -0.4 is 4.74 Å². The van der Waals surface area contributed by atoms with Gasteiger partial charge in [-0.3, -0.25) is 0 Å². The molecule has 2 atom stereocenters. The Morgan fingerprint density at radius 3 is 2.19 bits per heavy atom. The predicted molar refractivity (Wildman–Crippen MR) is 81.9 cm³/mol. The van der Waals surface area contributed by atoms with Crippen LogP contribution in [0, 0.1) is 5.92 Å². The van der Waals surface area contributed by atoms with E-state index in [2.05, 4.69) is 0 Å². The number of halogens is 1. The van der Waals surface area contributed by atoms with Crippen LogP contribution in [-0.2, 0) is 4.79 Å². The summed E-state index contributed by atoms with van der Waals surface area (Å²) in [5.41, 5.74) is 2.10. The molecule has 2 aromatic rings. The van der Waals surface area contributed by atoms with Crippen molar-refractivity contribution in [1.29, 1.82) is 0 Å². The summed E-state index contributed by atoms with van der Waals surface area (Å²) in [6.45, 7) is 3.55. The fourth-order valence-electron chi connectivity index (χ4n) is 1.96. The number of ether oxygens (including phenoxy) is 1. The van der Waals surface area contributed by atoms with Crippen LogP contribution in [0.4, 0.5) is 4.39 Å². The highest BCUT2D eigenvalue weighted by atomic mass is 19.1. The zero-order valence-corrected chi connectivity index (χ0v) is 12.3. The number of alkyl halides is 1. The molecule has 0 amide bonds. The van der Waals surface area contributed by atoms with Crippen LogP contribution in [0.25, 0.3) is 11.1 Å². The minimum Gasteiger partial charge on any atom is -0.424 e. The molecule has 0 radical (unpaired) electrons. The molecule has 0 N–H and O–H groups in total. The van der Waals surface area contributed by atoms with Crippen LogP contribution in [-0.4, -0.2) is 12.1 Å². The molecule has 0 bridgehead atoms. The molecule has 0 aliphatic heterocycles. The number of rotatable bonds is 5. The van der Waals surface area contributed by atoms with Crippen LogP contribution in [0.3, 0.4) is 0 Å². The van der Waals surface area contributed by atoms with Gasteiger partial charge in [0.15, 0.2) is 6.17 Å². The van der Waals surface area contributed by atoms with E-state index in [9.17, 15) is 9.18 Å². The second kappa shape index (κ2) is 7.02. The summed E-state index contributed by atoms with van der Waals surface area (Å²) in [5.74, 6) is -0.788.